The number of nitrogens with zero attached hydrogens (tertiary/aromatic N) is 3. The topological polar surface area (TPSA) is 56.7 Å². The second-order valence-electron chi connectivity index (χ2n) is 4.57. The van der Waals surface area contributed by atoms with Crippen molar-refractivity contribution < 1.29 is 0 Å². The highest BCUT2D eigenvalue weighted by Gasteiger charge is 2.12. The zero-order valence-electron chi connectivity index (χ0n) is 11.2. The number of hydrogen-bond donors (Lipinski definition) is 1. The first-order chi connectivity index (χ1) is 9.72. The van der Waals surface area contributed by atoms with Crippen LogP contribution in [-0.2, 0) is 13.1 Å². The van der Waals surface area contributed by atoms with Crippen molar-refractivity contribution in [1.82, 2.24) is 14.5 Å². The van der Waals surface area contributed by atoms with Crippen molar-refractivity contribution in [3.63, 3.8) is 0 Å². The van der Waals surface area contributed by atoms with Crippen molar-refractivity contribution >= 4 is 27.0 Å². The largest absolute Gasteiger partial charge is 0.326 e. The molecule has 0 spiro atoms. The van der Waals surface area contributed by atoms with Gasteiger partial charge in [0.15, 0.2) is 5.82 Å². The predicted octanol–water partition coefficient (Wildman–Crippen LogP) is 3.34. The number of fused-ring (bicyclic) bond motifs is 1. The van der Waals surface area contributed by atoms with E-state index in [1.54, 1.807) is 6.20 Å². The molecule has 0 bridgehead atoms. The molecule has 2 heterocycles. The summed E-state index contributed by atoms with van der Waals surface area (Å²) in [4.78, 5) is 9.16. The third-order valence-electron chi connectivity index (χ3n) is 3.32. The summed E-state index contributed by atoms with van der Waals surface area (Å²) in [6.07, 6.45) is 1.79. The van der Waals surface area contributed by atoms with Crippen molar-refractivity contribution in [3.05, 3.63) is 46.6 Å². The van der Waals surface area contributed by atoms with Crippen LogP contribution >= 0.6 is 15.9 Å². The smallest absolute Gasteiger partial charge is 0.159 e. The van der Waals surface area contributed by atoms with Gasteiger partial charge in [-0.25, -0.2) is 4.98 Å². The second-order valence-corrected chi connectivity index (χ2v) is 5.48. The number of pyridine rings is 1. The average Bonchev–Trinajstić information content (AvgIpc) is 2.85. The molecule has 3 aromatic rings. The summed E-state index contributed by atoms with van der Waals surface area (Å²) < 4.78 is 3.14. The molecule has 0 radical (unpaired) electrons. The van der Waals surface area contributed by atoms with Crippen molar-refractivity contribution in [2.24, 2.45) is 5.73 Å². The van der Waals surface area contributed by atoms with Crippen LogP contribution in [0.1, 0.15) is 12.5 Å². The van der Waals surface area contributed by atoms with Crippen molar-refractivity contribution in [3.8, 4) is 11.5 Å². The summed E-state index contributed by atoms with van der Waals surface area (Å²) in [6.45, 7) is 3.49. The Morgan fingerprint density at radius 2 is 2.10 bits per heavy atom. The highest BCUT2D eigenvalue weighted by atomic mass is 79.9. The van der Waals surface area contributed by atoms with Crippen molar-refractivity contribution in [2.45, 2.75) is 20.0 Å². The van der Waals surface area contributed by atoms with E-state index in [-0.39, 0.29) is 0 Å². The van der Waals surface area contributed by atoms with Crippen LogP contribution in [0.15, 0.2) is 41.0 Å². The molecule has 0 unspecified atom stereocenters. The molecule has 102 valence electrons. The summed E-state index contributed by atoms with van der Waals surface area (Å²) in [5.41, 5.74) is 9.74. The molecule has 0 atom stereocenters. The fraction of sp³-hybridized carbons (Fsp3) is 0.200. The van der Waals surface area contributed by atoms with Gasteiger partial charge in [0, 0.05) is 23.8 Å². The Hall–Kier alpha value is -1.72. The van der Waals surface area contributed by atoms with Crippen LogP contribution < -0.4 is 5.73 Å². The summed E-state index contributed by atoms with van der Waals surface area (Å²) in [5.74, 6) is 0.893. The summed E-state index contributed by atoms with van der Waals surface area (Å²) >= 11 is 3.40. The Balaban J connectivity index is 2.21. The van der Waals surface area contributed by atoms with Gasteiger partial charge in [0.25, 0.3) is 0 Å². The number of halogens is 1. The lowest BCUT2D eigenvalue weighted by Crippen LogP contribution is -1.99. The molecule has 2 aromatic heterocycles. The number of nitrogens with two attached hydrogens (primary N) is 1. The monoisotopic (exact) mass is 330 g/mol. The third-order valence-corrected chi connectivity index (χ3v) is 3.79. The molecule has 0 aliphatic heterocycles. The zero-order chi connectivity index (χ0) is 14.1. The average molecular weight is 331 g/mol. The fourth-order valence-electron chi connectivity index (χ4n) is 2.33. The van der Waals surface area contributed by atoms with E-state index in [0.717, 1.165) is 39.1 Å². The Morgan fingerprint density at radius 1 is 1.25 bits per heavy atom. The Morgan fingerprint density at radius 3 is 2.75 bits per heavy atom. The quantitative estimate of drug-likeness (QED) is 0.801. The minimum Gasteiger partial charge on any atom is -0.326 e. The highest BCUT2D eigenvalue weighted by Crippen LogP contribution is 2.25. The molecule has 1 aromatic carbocycles. The molecule has 0 amide bonds. The Kier molecular flexibility index (Phi) is 3.54. The number of imidazole rings is 1. The lowest BCUT2D eigenvalue weighted by Gasteiger charge is -2.05. The van der Waals surface area contributed by atoms with Crippen LogP contribution in [0.25, 0.3) is 22.6 Å². The molecular formula is C15H15BrN4. The second kappa shape index (κ2) is 5.34. The van der Waals surface area contributed by atoms with Crippen LogP contribution in [-0.4, -0.2) is 14.5 Å². The van der Waals surface area contributed by atoms with Crippen LogP contribution in [0.3, 0.4) is 0 Å². The van der Waals surface area contributed by atoms with Crippen molar-refractivity contribution in [1.29, 1.82) is 0 Å². The normalized spacial score (nSPS) is 11.2. The first kappa shape index (κ1) is 13.3. The summed E-state index contributed by atoms with van der Waals surface area (Å²) in [7, 11) is 0. The van der Waals surface area contributed by atoms with E-state index >= 15 is 0 Å². The molecule has 4 nitrogen and oxygen atoms in total. The molecule has 20 heavy (non-hydrogen) atoms. The van der Waals surface area contributed by atoms with Crippen LogP contribution in [0, 0.1) is 0 Å². The first-order valence-corrected chi connectivity index (χ1v) is 7.33. The minimum absolute atomic E-state index is 0.529. The number of aromatic nitrogens is 3. The lowest BCUT2D eigenvalue weighted by molar-refractivity contribution is 0.793. The van der Waals surface area contributed by atoms with Gasteiger partial charge in [-0.1, -0.05) is 6.07 Å². The highest BCUT2D eigenvalue weighted by molar-refractivity contribution is 9.10. The summed E-state index contributed by atoms with van der Waals surface area (Å²) in [5, 5.41) is 0. The molecule has 0 aliphatic carbocycles. The van der Waals surface area contributed by atoms with Gasteiger partial charge in [-0.2, -0.15) is 0 Å². The minimum atomic E-state index is 0.529. The number of benzene rings is 1. The van der Waals surface area contributed by atoms with Gasteiger partial charge in [-0.15, -0.1) is 0 Å². The zero-order valence-corrected chi connectivity index (χ0v) is 12.8. The number of aryl methyl sites for hydroxylation is 1. The van der Waals surface area contributed by atoms with E-state index < -0.39 is 0 Å². The molecule has 5 heteroatoms. The SMILES string of the molecule is CCn1c(-c2ccc(Br)cn2)nc2cc(CN)ccc21. The molecule has 0 saturated heterocycles. The maximum absolute atomic E-state index is 5.69. The van der Waals surface area contributed by atoms with Gasteiger partial charge < -0.3 is 10.3 Å². The van der Waals surface area contributed by atoms with E-state index in [0.29, 0.717) is 6.54 Å². The number of rotatable bonds is 3. The van der Waals surface area contributed by atoms with E-state index in [2.05, 4.69) is 44.5 Å². The van der Waals surface area contributed by atoms with Crippen LogP contribution in [0.4, 0.5) is 0 Å². The van der Waals surface area contributed by atoms with Gasteiger partial charge in [0.2, 0.25) is 0 Å². The fourth-order valence-corrected chi connectivity index (χ4v) is 2.56. The van der Waals surface area contributed by atoms with Gasteiger partial charge in [0.1, 0.15) is 5.69 Å². The van der Waals surface area contributed by atoms with Gasteiger partial charge >= 0.3 is 0 Å². The lowest BCUT2D eigenvalue weighted by atomic mass is 10.2. The van der Waals surface area contributed by atoms with Crippen LogP contribution in [0.5, 0.6) is 0 Å². The van der Waals surface area contributed by atoms with Crippen molar-refractivity contribution in [2.75, 3.05) is 0 Å². The molecule has 0 saturated carbocycles. The molecule has 0 fully saturated rings. The third kappa shape index (κ3) is 2.23. The van der Waals surface area contributed by atoms with E-state index in [1.165, 1.54) is 0 Å². The number of hydrogen-bond acceptors (Lipinski definition) is 3. The van der Waals surface area contributed by atoms with E-state index in [1.807, 2.05) is 18.2 Å². The van der Waals surface area contributed by atoms with E-state index in [4.69, 9.17) is 10.7 Å². The molecular weight excluding hydrogens is 316 g/mol. The van der Waals surface area contributed by atoms with Gasteiger partial charge in [-0.05, 0) is 52.7 Å². The van der Waals surface area contributed by atoms with Crippen LogP contribution in [0.2, 0.25) is 0 Å². The Labute approximate surface area is 125 Å². The maximum Gasteiger partial charge on any atom is 0.159 e. The predicted molar refractivity (Wildman–Crippen MR) is 84.2 cm³/mol. The first-order valence-electron chi connectivity index (χ1n) is 6.54. The maximum atomic E-state index is 5.69. The van der Waals surface area contributed by atoms with Gasteiger partial charge in [-0.3, -0.25) is 4.98 Å². The summed E-state index contributed by atoms with van der Waals surface area (Å²) in [6, 6.07) is 10.1. The Bertz CT molecular complexity index is 746. The molecule has 3 rings (SSSR count). The van der Waals surface area contributed by atoms with E-state index in [9.17, 15) is 0 Å². The molecule has 0 aliphatic rings. The van der Waals surface area contributed by atoms with Gasteiger partial charge in [0.05, 0.1) is 11.0 Å². The standard InChI is InChI=1S/C15H15BrN4/c1-2-20-14-6-3-10(8-17)7-13(14)19-15(20)12-5-4-11(16)9-18-12/h3-7,9H,2,8,17H2,1H3. The molecule has 2 N–H and O–H groups in total.